The van der Waals surface area contributed by atoms with E-state index in [2.05, 4.69) is 15.3 Å². The fourth-order valence-corrected chi connectivity index (χ4v) is 3.90. The number of hydrogen-bond donors (Lipinski definition) is 1. The van der Waals surface area contributed by atoms with Crippen LogP contribution in [-0.4, -0.2) is 47.3 Å². The first kappa shape index (κ1) is 21.8. The summed E-state index contributed by atoms with van der Waals surface area (Å²) in [5.74, 6) is 1.10. The highest BCUT2D eigenvalue weighted by Gasteiger charge is 2.30. The van der Waals surface area contributed by atoms with Gasteiger partial charge in [0.2, 0.25) is 11.8 Å². The second-order valence-corrected chi connectivity index (χ2v) is 7.65. The average Bonchev–Trinajstić information content (AvgIpc) is 3.35. The van der Waals surface area contributed by atoms with Gasteiger partial charge in [-0.25, -0.2) is 9.97 Å². The van der Waals surface area contributed by atoms with Crippen LogP contribution in [0, 0.1) is 12.8 Å². The highest BCUT2D eigenvalue weighted by Crippen LogP contribution is 2.37. The fraction of sp³-hybridized carbons (Fsp3) is 0.409. The molecule has 32 heavy (non-hydrogen) atoms. The van der Waals surface area contributed by atoms with Crippen LogP contribution in [0.25, 0.3) is 22.3 Å². The number of carbonyl (C=O) groups is 1. The largest absolute Gasteiger partial charge is 0.493 e. The fourth-order valence-electron chi connectivity index (χ4n) is 3.90. The quantitative estimate of drug-likeness (QED) is 0.595. The minimum absolute atomic E-state index is 0.0417. The van der Waals surface area contributed by atoms with E-state index in [-0.39, 0.29) is 29.0 Å². The molecular weight excluding hydrogens is 422 g/mol. The molecule has 3 aromatic rings. The second kappa shape index (κ2) is 8.60. The van der Waals surface area contributed by atoms with Crippen LogP contribution in [0.15, 0.2) is 24.3 Å². The lowest BCUT2D eigenvalue weighted by atomic mass is 10.0. The van der Waals surface area contributed by atoms with Crippen LogP contribution < -0.4 is 19.5 Å². The Hall–Kier alpha value is -3.43. The third kappa shape index (κ3) is 3.92. The van der Waals surface area contributed by atoms with Gasteiger partial charge in [-0.05, 0) is 38.1 Å². The smallest absolute Gasteiger partial charge is 0.320 e. The van der Waals surface area contributed by atoms with Crippen LogP contribution >= 0.6 is 0 Å². The molecule has 8 nitrogen and oxygen atoms in total. The number of fused-ring (bicyclic) bond motifs is 1. The molecule has 1 fully saturated rings. The third-order valence-corrected chi connectivity index (χ3v) is 5.66. The number of amides is 1. The number of ether oxygens (including phenoxy) is 3. The van der Waals surface area contributed by atoms with Crippen molar-refractivity contribution in [3.8, 4) is 28.6 Å². The van der Waals surface area contributed by atoms with Crippen LogP contribution in [-0.2, 0) is 4.79 Å². The van der Waals surface area contributed by atoms with Crippen molar-refractivity contribution in [1.82, 2.24) is 19.9 Å². The summed E-state index contributed by atoms with van der Waals surface area (Å²) in [6.07, 6.45) is -0.112. The molecule has 0 saturated carbocycles. The minimum Gasteiger partial charge on any atom is -0.493 e. The monoisotopic (exact) mass is 446 g/mol. The molecule has 2 atom stereocenters. The Morgan fingerprint density at radius 2 is 1.91 bits per heavy atom. The molecule has 4 rings (SSSR count). The molecule has 3 heterocycles. The molecule has 1 aromatic carbocycles. The lowest BCUT2D eigenvalue weighted by Gasteiger charge is -2.20. The molecule has 0 bridgehead atoms. The molecule has 1 N–H and O–H groups in total. The SMILES string of the molecule is COc1ccc(-c2cc3nc(C)n(C(F)F)c3c(O[C@H](C)C3CNC(=O)C3)n2)cc1OC. The van der Waals surface area contributed by atoms with E-state index in [0.717, 1.165) is 4.57 Å². The van der Waals surface area contributed by atoms with Gasteiger partial charge >= 0.3 is 6.55 Å². The Kier molecular flexibility index (Phi) is 5.86. The number of alkyl halides is 2. The maximum absolute atomic E-state index is 13.8. The van der Waals surface area contributed by atoms with Gasteiger partial charge in [-0.3, -0.25) is 9.36 Å². The number of aryl methyl sites for hydroxylation is 1. The van der Waals surface area contributed by atoms with Gasteiger partial charge in [-0.15, -0.1) is 0 Å². The predicted octanol–water partition coefficient (Wildman–Crippen LogP) is 3.72. The molecule has 2 aromatic heterocycles. The average molecular weight is 446 g/mol. The van der Waals surface area contributed by atoms with Gasteiger partial charge < -0.3 is 19.5 Å². The molecule has 1 aliphatic rings. The number of hydrogen-bond acceptors (Lipinski definition) is 6. The molecule has 170 valence electrons. The van der Waals surface area contributed by atoms with Crippen molar-refractivity contribution in [3.63, 3.8) is 0 Å². The van der Waals surface area contributed by atoms with Crippen LogP contribution in [0.5, 0.6) is 17.4 Å². The first-order valence-corrected chi connectivity index (χ1v) is 10.2. The van der Waals surface area contributed by atoms with Gasteiger partial charge in [-0.1, -0.05) is 0 Å². The number of halogens is 2. The Labute approximate surface area is 183 Å². The Morgan fingerprint density at radius 3 is 2.53 bits per heavy atom. The summed E-state index contributed by atoms with van der Waals surface area (Å²) in [5.41, 5.74) is 1.63. The number of aromatic nitrogens is 3. The van der Waals surface area contributed by atoms with Gasteiger partial charge in [-0.2, -0.15) is 8.78 Å². The van der Waals surface area contributed by atoms with Crippen LogP contribution in [0.1, 0.15) is 25.7 Å². The normalized spacial score (nSPS) is 17.0. The van der Waals surface area contributed by atoms with Crippen molar-refractivity contribution < 1.29 is 27.8 Å². The third-order valence-electron chi connectivity index (χ3n) is 5.66. The molecular formula is C22H24F2N4O4. The van der Waals surface area contributed by atoms with Crippen LogP contribution in [0.3, 0.4) is 0 Å². The number of nitrogens with zero attached hydrogens (tertiary/aromatic N) is 3. The Balaban J connectivity index is 1.83. The molecule has 1 saturated heterocycles. The summed E-state index contributed by atoms with van der Waals surface area (Å²) >= 11 is 0. The van der Waals surface area contributed by atoms with Gasteiger partial charge in [0.1, 0.15) is 17.4 Å². The van der Waals surface area contributed by atoms with Crippen molar-refractivity contribution in [2.75, 3.05) is 20.8 Å². The topological polar surface area (TPSA) is 87.5 Å². The van der Waals surface area contributed by atoms with Crippen LogP contribution in [0.4, 0.5) is 8.78 Å². The van der Waals surface area contributed by atoms with E-state index >= 15 is 0 Å². The first-order chi connectivity index (χ1) is 15.3. The second-order valence-electron chi connectivity index (χ2n) is 7.65. The maximum Gasteiger partial charge on any atom is 0.320 e. The molecule has 0 aliphatic carbocycles. The van der Waals surface area contributed by atoms with E-state index in [1.165, 1.54) is 21.1 Å². The number of carbonyl (C=O) groups excluding carboxylic acids is 1. The van der Waals surface area contributed by atoms with E-state index in [1.807, 2.05) is 0 Å². The van der Waals surface area contributed by atoms with Crippen molar-refractivity contribution >= 4 is 16.9 Å². The first-order valence-electron chi connectivity index (χ1n) is 10.2. The number of nitrogens with one attached hydrogen (secondary N) is 1. The number of pyridine rings is 1. The number of imidazole rings is 1. The van der Waals surface area contributed by atoms with Gasteiger partial charge in [0.05, 0.1) is 25.4 Å². The number of benzene rings is 1. The molecule has 1 aliphatic heterocycles. The van der Waals surface area contributed by atoms with Gasteiger partial charge in [0.25, 0.3) is 0 Å². The van der Waals surface area contributed by atoms with Crippen molar-refractivity contribution in [1.29, 1.82) is 0 Å². The van der Waals surface area contributed by atoms with Crippen molar-refractivity contribution in [2.24, 2.45) is 5.92 Å². The summed E-state index contributed by atoms with van der Waals surface area (Å²) in [6.45, 7) is 0.971. The predicted molar refractivity (Wildman–Crippen MR) is 113 cm³/mol. The molecule has 1 unspecified atom stereocenters. The highest BCUT2D eigenvalue weighted by molar-refractivity contribution is 5.85. The zero-order valence-corrected chi connectivity index (χ0v) is 18.2. The summed E-state index contributed by atoms with van der Waals surface area (Å²) < 4.78 is 45.2. The highest BCUT2D eigenvalue weighted by atomic mass is 19.3. The summed E-state index contributed by atoms with van der Waals surface area (Å²) in [5, 5.41) is 2.77. The Morgan fingerprint density at radius 1 is 1.16 bits per heavy atom. The summed E-state index contributed by atoms with van der Waals surface area (Å²) in [4.78, 5) is 20.5. The standard InChI is InChI=1S/C22H24F2N4O4/c1-11(14-8-19(29)25-10-14)32-21-20-16(26-12(2)28(20)22(23)24)9-15(27-21)13-5-6-17(30-3)18(7-13)31-4/h5-7,9,11,14,22H,8,10H2,1-4H3,(H,25,29)/t11-,14?/m1/s1. The van der Waals surface area contributed by atoms with E-state index < -0.39 is 12.7 Å². The van der Waals surface area contributed by atoms with E-state index in [1.54, 1.807) is 31.2 Å². The molecule has 0 radical (unpaired) electrons. The zero-order chi connectivity index (χ0) is 23.0. The van der Waals surface area contributed by atoms with Gasteiger partial charge in [0, 0.05) is 24.4 Å². The number of methoxy groups -OCH3 is 2. The maximum atomic E-state index is 13.8. The minimum atomic E-state index is -2.80. The van der Waals surface area contributed by atoms with E-state index in [4.69, 9.17) is 14.2 Å². The number of rotatable bonds is 7. The summed E-state index contributed by atoms with van der Waals surface area (Å²) in [6, 6.07) is 6.92. The lowest BCUT2D eigenvalue weighted by Crippen LogP contribution is -2.26. The lowest BCUT2D eigenvalue weighted by molar-refractivity contribution is -0.119. The van der Waals surface area contributed by atoms with Crippen molar-refractivity contribution in [2.45, 2.75) is 32.9 Å². The van der Waals surface area contributed by atoms with E-state index in [9.17, 15) is 13.6 Å². The Bertz CT molecular complexity index is 1160. The molecule has 0 spiro atoms. The van der Waals surface area contributed by atoms with Crippen LogP contribution in [0.2, 0.25) is 0 Å². The zero-order valence-electron chi connectivity index (χ0n) is 18.2. The summed E-state index contributed by atoms with van der Waals surface area (Å²) in [7, 11) is 3.07. The molecule has 1 amide bonds. The molecule has 10 heteroatoms. The van der Waals surface area contributed by atoms with Crippen molar-refractivity contribution in [3.05, 3.63) is 30.1 Å². The van der Waals surface area contributed by atoms with Gasteiger partial charge in [0.15, 0.2) is 11.5 Å². The van der Waals surface area contributed by atoms with E-state index in [0.29, 0.717) is 41.2 Å².